The second-order valence-corrected chi connectivity index (χ2v) is 8.72. The molecular weight excluding hydrogens is 402 g/mol. The molecule has 0 unspecified atom stereocenters. The molecule has 0 radical (unpaired) electrons. The average molecular weight is 420 g/mol. The Kier molecular flexibility index (Phi) is 6.26. The summed E-state index contributed by atoms with van der Waals surface area (Å²) in [6.45, 7) is 4.52. The van der Waals surface area contributed by atoms with Gasteiger partial charge in [0.15, 0.2) is 5.13 Å². The molecule has 3 aromatic rings. The second-order valence-electron chi connectivity index (χ2n) is 5.81. The van der Waals surface area contributed by atoms with Gasteiger partial charge in [0.05, 0.1) is 11.8 Å². The molecule has 0 bridgehead atoms. The number of rotatable bonds is 6. The molecule has 2 amide bonds. The Bertz CT molecular complexity index is 981. The lowest BCUT2D eigenvalue weighted by atomic mass is 10.0. The molecule has 1 aromatic carbocycles. The van der Waals surface area contributed by atoms with Crippen LogP contribution in [0.5, 0.6) is 0 Å². The predicted octanol–water partition coefficient (Wildman–Crippen LogP) is 5.23. The lowest BCUT2D eigenvalue weighted by molar-refractivity contribution is 0.0953. The molecule has 2 aromatic heterocycles. The van der Waals surface area contributed by atoms with Crippen LogP contribution in [0.2, 0.25) is 4.34 Å². The second kappa shape index (κ2) is 8.65. The van der Waals surface area contributed by atoms with E-state index >= 15 is 0 Å². The van der Waals surface area contributed by atoms with Crippen molar-refractivity contribution in [3.05, 3.63) is 56.9 Å². The molecule has 8 heteroatoms. The van der Waals surface area contributed by atoms with Crippen LogP contribution in [0.3, 0.4) is 0 Å². The molecule has 5 nitrogen and oxygen atoms in total. The highest BCUT2D eigenvalue weighted by molar-refractivity contribution is 7.19. The zero-order valence-corrected chi connectivity index (χ0v) is 17.2. The lowest BCUT2D eigenvalue weighted by Crippen LogP contribution is -2.24. The van der Waals surface area contributed by atoms with Gasteiger partial charge in [-0.3, -0.25) is 14.9 Å². The summed E-state index contributed by atoms with van der Waals surface area (Å²) in [4.78, 5) is 30.8. The van der Waals surface area contributed by atoms with E-state index in [2.05, 4.69) is 15.6 Å². The van der Waals surface area contributed by atoms with Crippen molar-refractivity contribution in [2.24, 2.45) is 0 Å². The summed E-state index contributed by atoms with van der Waals surface area (Å²) in [5.41, 5.74) is 1.98. The van der Waals surface area contributed by atoms with Crippen LogP contribution in [-0.4, -0.2) is 23.3 Å². The van der Waals surface area contributed by atoms with Gasteiger partial charge in [-0.15, -0.1) is 11.3 Å². The van der Waals surface area contributed by atoms with E-state index in [-0.39, 0.29) is 11.8 Å². The third kappa shape index (κ3) is 4.55. The SMILES string of the molecule is CCCNC(=O)c1ccccc1-c1cc(C(=O)Nc2ncc(Cl)s2)c(C)s1. The number of nitrogens with zero attached hydrogens (tertiary/aromatic N) is 1. The summed E-state index contributed by atoms with van der Waals surface area (Å²) >= 11 is 8.55. The summed E-state index contributed by atoms with van der Waals surface area (Å²) in [7, 11) is 0. The molecule has 0 saturated carbocycles. The largest absolute Gasteiger partial charge is 0.352 e. The van der Waals surface area contributed by atoms with Crippen molar-refractivity contribution in [2.45, 2.75) is 20.3 Å². The standard InChI is InChI=1S/C19H18ClN3O2S2/c1-3-8-21-17(24)13-7-5-4-6-12(13)15-9-14(11(2)26-15)18(25)23-19-22-10-16(20)27-19/h4-7,9-10H,3,8H2,1-2H3,(H,21,24)(H,22,23,25). The summed E-state index contributed by atoms with van der Waals surface area (Å²) in [6, 6.07) is 9.24. The van der Waals surface area contributed by atoms with Crippen LogP contribution < -0.4 is 10.6 Å². The zero-order chi connectivity index (χ0) is 19.4. The topological polar surface area (TPSA) is 71.1 Å². The molecule has 140 valence electrons. The fourth-order valence-electron chi connectivity index (χ4n) is 2.55. The highest BCUT2D eigenvalue weighted by Crippen LogP contribution is 2.34. The number of aryl methyl sites for hydroxylation is 1. The maximum absolute atomic E-state index is 12.6. The van der Waals surface area contributed by atoms with Crippen molar-refractivity contribution in [3.63, 3.8) is 0 Å². The van der Waals surface area contributed by atoms with Crippen LogP contribution in [0, 0.1) is 6.92 Å². The number of carbonyl (C=O) groups is 2. The summed E-state index contributed by atoms with van der Waals surface area (Å²) in [5.74, 6) is -0.351. The van der Waals surface area contributed by atoms with Gasteiger partial charge in [-0.1, -0.05) is 48.1 Å². The van der Waals surface area contributed by atoms with Crippen molar-refractivity contribution in [1.82, 2.24) is 10.3 Å². The Morgan fingerprint density at radius 2 is 1.93 bits per heavy atom. The number of hydrogen-bond acceptors (Lipinski definition) is 5. The Morgan fingerprint density at radius 3 is 2.63 bits per heavy atom. The Morgan fingerprint density at radius 1 is 1.15 bits per heavy atom. The minimum atomic E-state index is -0.242. The lowest BCUT2D eigenvalue weighted by Gasteiger charge is -2.08. The van der Waals surface area contributed by atoms with Crippen LogP contribution in [0.1, 0.15) is 38.9 Å². The fourth-order valence-corrected chi connectivity index (χ4v) is 4.41. The van der Waals surface area contributed by atoms with Gasteiger partial charge in [-0.05, 0) is 25.5 Å². The first-order valence-electron chi connectivity index (χ1n) is 8.40. The molecule has 0 aliphatic carbocycles. The van der Waals surface area contributed by atoms with Gasteiger partial charge in [0, 0.05) is 27.4 Å². The highest BCUT2D eigenvalue weighted by Gasteiger charge is 2.19. The quantitative estimate of drug-likeness (QED) is 0.575. The maximum atomic E-state index is 12.6. The van der Waals surface area contributed by atoms with Gasteiger partial charge in [0.2, 0.25) is 0 Å². The van der Waals surface area contributed by atoms with Crippen molar-refractivity contribution in [1.29, 1.82) is 0 Å². The van der Waals surface area contributed by atoms with Gasteiger partial charge >= 0.3 is 0 Å². The molecule has 0 aliphatic heterocycles. The number of amides is 2. The van der Waals surface area contributed by atoms with E-state index in [4.69, 9.17) is 11.6 Å². The third-order valence-electron chi connectivity index (χ3n) is 3.83. The van der Waals surface area contributed by atoms with Crippen molar-refractivity contribution < 1.29 is 9.59 Å². The van der Waals surface area contributed by atoms with E-state index in [0.717, 1.165) is 21.7 Å². The van der Waals surface area contributed by atoms with Crippen LogP contribution in [0.15, 0.2) is 36.5 Å². The van der Waals surface area contributed by atoms with Crippen LogP contribution in [0.4, 0.5) is 5.13 Å². The molecule has 2 N–H and O–H groups in total. The van der Waals surface area contributed by atoms with Gasteiger partial charge in [-0.2, -0.15) is 0 Å². The monoisotopic (exact) mass is 419 g/mol. The summed E-state index contributed by atoms with van der Waals surface area (Å²) in [6.07, 6.45) is 2.37. The van der Waals surface area contributed by atoms with Crippen molar-refractivity contribution in [2.75, 3.05) is 11.9 Å². The van der Waals surface area contributed by atoms with Gasteiger partial charge in [0.25, 0.3) is 11.8 Å². The molecule has 2 heterocycles. The minimum absolute atomic E-state index is 0.109. The van der Waals surface area contributed by atoms with E-state index in [1.165, 1.54) is 28.9 Å². The normalized spacial score (nSPS) is 10.6. The van der Waals surface area contributed by atoms with Crippen LogP contribution in [0.25, 0.3) is 10.4 Å². The number of nitrogens with one attached hydrogen (secondary N) is 2. The number of hydrogen-bond donors (Lipinski definition) is 2. The number of carbonyl (C=O) groups excluding carboxylic acids is 2. The molecule has 0 saturated heterocycles. The number of thiazole rings is 1. The molecule has 3 rings (SSSR count). The molecule has 0 spiro atoms. The first-order chi connectivity index (χ1) is 13.0. The molecule has 0 fully saturated rings. The van der Waals surface area contributed by atoms with Gasteiger partial charge in [0.1, 0.15) is 4.34 Å². The Balaban J connectivity index is 1.88. The first kappa shape index (κ1) is 19.5. The van der Waals surface area contributed by atoms with E-state index in [9.17, 15) is 9.59 Å². The van der Waals surface area contributed by atoms with Crippen LogP contribution in [-0.2, 0) is 0 Å². The Labute approximate surface area is 170 Å². The predicted molar refractivity (Wildman–Crippen MR) is 112 cm³/mol. The summed E-state index contributed by atoms with van der Waals surface area (Å²) in [5, 5.41) is 6.12. The molecule has 27 heavy (non-hydrogen) atoms. The number of aromatic nitrogens is 1. The van der Waals surface area contributed by atoms with E-state index in [1.54, 1.807) is 6.07 Å². The maximum Gasteiger partial charge on any atom is 0.258 e. The number of anilines is 1. The zero-order valence-electron chi connectivity index (χ0n) is 14.8. The van der Waals surface area contributed by atoms with E-state index in [1.807, 2.05) is 38.1 Å². The van der Waals surface area contributed by atoms with Crippen molar-refractivity contribution >= 4 is 51.2 Å². The third-order valence-corrected chi connectivity index (χ3v) is 5.95. The number of benzene rings is 1. The fraction of sp³-hybridized carbons (Fsp3) is 0.211. The smallest absolute Gasteiger partial charge is 0.258 e. The Hall–Kier alpha value is -2.22. The van der Waals surface area contributed by atoms with Crippen molar-refractivity contribution in [3.8, 4) is 10.4 Å². The minimum Gasteiger partial charge on any atom is -0.352 e. The van der Waals surface area contributed by atoms with Gasteiger partial charge < -0.3 is 5.32 Å². The van der Waals surface area contributed by atoms with E-state index < -0.39 is 0 Å². The first-order valence-corrected chi connectivity index (χ1v) is 10.4. The van der Waals surface area contributed by atoms with Crippen LogP contribution >= 0.6 is 34.3 Å². The summed E-state index contributed by atoms with van der Waals surface area (Å²) < 4.78 is 0.514. The number of halogens is 1. The van der Waals surface area contributed by atoms with Gasteiger partial charge in [-0.25, -0.2) is 4.98 Å². The number of thiophene rings is 1. The molecular formula is C19H18ClN3O2S2. The van der Waals surface area contributed by atoms with E-state index in [0.29, 0.717) is 27.1 Å². The highest BCUT2D eigenvalue weighted by atomic mass is 35.5. The average Bonchev–Trinajstić information content (AvgIpc) is 3.25. The molecule has 0 aliphatic rings. The molecule has 0 atom stereocenters.